The molecule has 0 heterocycles. The molecule has 112 valence electrons. The van der Waals surface area contributed by atoms with E-state index in [4.69, 9.17) is 5.11 Å². The standard InChI is InChI=1S/C13H20N2O4S/c1-4-15(9-10-16)13(17)11-5-7-12(8-6-11)20(18,19)14(2)3/h5-8,16H,4,9-10H2,1-3H3. The largest absolute Gasteiger partial charge is 0.395 e. The Hall–Kier alpha value is -1.44. The van der Waals surface area contributed by atoms with E-state index in [1.807, 2.05) is 6.92 Å². The van der Waals surface area contributed by atoms with E-state index >= 15 is 0 Å². The third-order valence-electron chi connectivity index (χ3n) is 2.92. The number of rotatable bonds is 6. The van der Waals surface area contributed by atoms with Gasteiger partial charge in [-0.25, -0.2) is 12.7 Å². The van der Waals surface area contributed by atoms with Crippen molar-refractivity contribution in [2.75, 3.05) is 33.8 Å². The molecule has 1 aromatic carbocycles. The van der Waals surface area contributed by atoms with E-state index in [9.17, 15) is 13.2 Å². The minimum absolute atomic E-state index is 0.104. The monoisotopic (exact) mass is 300 g/mol. The molecule has 1 aromatic rings. The molecule has 0 saturated carbocycles. The highest BCUT2D eigenvalue weighted by molar-refractivity contribution is 7.89. The summed E-state index contributed by atoms with van der Waals surface area (Å²) in [4.78, 5) is 13.8. The maximum atomic E-state index is 12.1. The molecule has 0 saturated heterocycles. The van der Waals surface area contributed by atoms with Gasteiger partial charge in [-0.3, -0.25) is 4.79 Å². The Kier molecular flexibility index (Phi) is 5.67. The van der Waals surface area contributed by atoms with E-state index in [2.05, 4.69) is 0 Å². The van der Waals surface area contributed by atoms with Gasteiger partial charge in [0.2, 0.25) is 10.0 Å². The molecule has 0 atom stereocenters. The van der Waals surface area contributed by atoms with Gasteiger partial charge in [0.25, 0.3) is 5.91 Å². The first-order valence-electron chi connectivity index (χ1n) is 6.27. The summed E-state index contributed by atoms with van der Waals surface area (Å²) in [6, 6.07) is 5.79. The molecule has 1 amide bonds. The van der Waals surface area contributed by atoms with Crippen molar-refractivity contribution < 1.29 is 18.3 Å². The zero-order valence-corrected chi connectivity index (χ0v) is 12.7. The van der Waals surface area contributed by atoms with Crippen LogP contribution in [0.5, 0.6) is 0 Å². The molecule has 0 spiro atoms. The van der Waals surface area contributed by atoms with Crippen molar-refractivity contribution >= 4 is 15.9 Å². The van der Waals surface area contributed by atoms with Crippen LogP contribution in [0.15, 0.2) is 29.2 Å². The topological polar surface area (TPSA) is 77.9 Å². The van der Waals surface area contributed by atoms with Crippen LogP contribution in [-0.4, -0.2) is 62.4 Å². The average Bonchev–Trinajstić information content (AvgIpc) is 2.44. The normalized spacial score (nSPS) is 11.7. The minimum atomic E-state index is -3.49. The zero-order valence-electron chi connectivity index (χ0n) is 11.9. The minimum Gasteiger partial charge on any atom is -0.395 e. The lowest BCUT2D eigenvalue weighted by molar-refractivity contribution is 0.0732. The van der Waals surface area contributed by atoms with Crippen molar-refractivity contribution in [2.24, 2.45) is 0 Å². The van der Waals surface area contributed by atoms with Gasteiger partial charge >= 0.3 is 0 Å². The summed E-state index contributed by atoms with van der Waals surface area (Å²) in [7, 11) is -0.581. The number of likely N-dealkylation sites (N-methyl/N-ethyl adjacent to an activating group) is 1. The fraction of sp³-hybridized carbons (Fsp3) is 0.462. The van der Waals surface area contributed by atoms with Crippen LogP contribution < -0.4 is 0 Å². The lowest BCUT2D eigenvalue weighted by Crippen LogP contribution is -2.33. The Balaban J connectivity index is 3.00. The highest BCUT2D eigenvalue weighted by atomic mass is 32.2. The van der Waals surface area contributed by atoms with Gasteiger partial charge in [0.1, 0.15) is 0 Å². The van der Waals surface area contributed by atoms with Crippen molar-refractivity contribution in [1.29, 1.82) is 0 Å². The number of aliphatic hydroxyl groups is 1. The first-order chi connectivity index (χ1) is 9.34. The average molecular weight is 300 g/mol. The third-order valence-corrected chi connectivity index (χ3v) is 4.75. The summed E-state index contributed by atoms with van der Waals surface area (Å²) in [6.07, 6.45) is 0. The second kappa shape index (κ2) is 6.83. The number of amides is 1. The predicted octanol–water partition coefficient (Wildman–Crippen LogP) is 0.391. The van der Waals surface area contributed by atoms with E-state index in [0.717, 1.165) is 4.31 Å². The molecule has 20 heavy (non-hydrogen) atoms. The van der Waals surface area contributed by atoms with Gasteiger partial charge < -0.3 is 10.0 Å². The number of hydrogen-bond acceptors (Lipinski definition) is 4. The fourth-order valence-electron chi connectivity index (χ4n) is 1.69. The van der Waals surface area contributed by atoms with E-state index in [-0.39, 0.29) is 24.0 Å². The summed E-state index contributed by atoms with van der Waals surface area (Å²) in [5.74, 6) is -0.227. The number of benzene rings is 1. The molecule has 1 N–H and O–H groups in total. The molecule has 1 rings (SSSR count). The first-order valence-corrected chi connectivity index (χ1v) is 7.71. The van der Waals surface area contributed by atoms with Gasteiger partial charge in [-0.2, -0.15) is 0 Å². The number of carbonyl (C=O) groups is 1. The second-order valence-corrected chi connectivity index (χ2v) is 6.57. The number of hydrogen-bond donors (Lipinski definition) is 1. The Morgan fingerprint density at radius 2 is 1.75 bits per heavy atom. The molecule has 0 aromatic heterocycles. The van der Waals surface area contributed by atoms with Crippen LogP contribution in [0.1, 0.15) is 17.3 Å². The van der Waals surface area contributed by atoms with Crippen molar-refractivity contribution in [2.45, 2.75) is 11.8 Å². The number of nitrogens with zero attached hydrogens (tertiary/aromatic N) is 2. The lowest BCUT2D eigenvalue weighted by Gasteiger charge is -2.20. The highest BCUT2D eigenvalue weighted by Crippen LogP contribution is 2.15. The quantitative estimate of drug-likeness (QED) is 0.824. The van der Waals surface area contributed by atoms with Crippen molar-refractivity contribution in [3.8, 4) is 0 Å². The number of sulfonamides is 1. The van der Waals surface area contributed by atoms with Gasteiger partial charge in [-0.1, -0.05) is 0 Å². The van der Waals surface area contributed by atoms with Crippen LogP contribution >= 0.6 is 0 Å². The van der Waals surface area contributed by atoms with E-state index in [1.165, 1.54) is 43.3 Å². The van der Waals surface area contributed by atoms with E-state index < -0.39 is 10.0 Å². The highest BCUT2D eigenvalue weighted by Gasteiger charge is 2.18. The molecular formula is C13H20N2O4S. The smallest absolute Gasteiger partial charge is 0.253 e. The number of carbonyl (C=O) groups excluding carboxylic acids is 1. The van der Waals surface area contributed by atoms with Crippen LogP contribution in [0.4, 0.5) is 0 Å². The molecule has 0 aliphatic carbocycles. The summed E-state index contributed by atoms with van der Waals surface area (Å²) in [6.45, 7) is 2.45. The Bertz CT molecular complexity index is 552. The molecule has 0 bridgehead atoms. The van der Waals surface area contributed by atoms with Crippen LogP contribution in [0.2, 0.25) is 0 Å². The van der Waals surface area contributed by atoms with Gasteiger partial charge in [-0.05, 0) is 31.2 Å². The maximum absolute atomic E-state index is 12.1. The van der Waals surface area contributed by atoms with Crippen LogP contribution in [0.25, 0.3) is 0 Å². The summed E-state index contributed by atoms with van der Waals surface area (Å²) in [5.41, 5.74) is 0.401. The first kappa shape index (κ1) is 16.6. The Morgan fingerprint density at radius 1 is 1.20 bits per heavy atom. The zero-order chi connectivity index (χ0) is 15.3. The maximum Gasteiger partial charge on any atom is 0.253 e. The van der Waals surface area contributed by atoms with Gasteiger partial charge in [0.15, 0.2) is 0 Å². The molecule has 0 fully saturated rings. The Morgan fingerprint density at radius 3 is 2.15 bits per heavy atom. The van der Waals surface area contributed by atoms with E-state index in [0.29, 0.717) is 12.1 Å². The molecule has 0 unspecified atom stereocenters. The third kappa shape index (κ3) is 3.56. The van der Waals surface area contributed by atoms with Gasteiger partial charge in [-0.15, -0.1) is 0 Å². The molecule has 0 aliphatic heterocycles. The molecule has 0 aliphatic rings. The second-order valence-electron chi connectivity index (χ2n) is 4.42. The summed E-state index contributed by atoms with van der Waals surface area (Å²) < 4.78 is 24.9. The van der Waals surface area contributed by atoms with Crippen molar-refractivity contribution in [3.63, 3.8) is 0 Å². The number of aliphatic hydroxyl groups excluding tert-OH is 1. The molecule has 0 radical (unpaired) electrons. The van der Waals surface area contributed by atoms with Crippen LogP contribution in [0.3, 0.4) is 0 Å². The SMILES string of the molecule is CCN(CCO)C(=O)c1ccc(S(=O)(=O)N(C)C)cc1. The Labute approximate surface area is 119 Å². The lowest BCUT2D eigenvalue weighted by atomic mass is 10.2. The van der Waals surface area contributed by atoms with Gasteiger partial charge in [0.05, 0.1) is 11.5 Å². The molecule has 6 nitrogen and oxygen atoms in total. The summed E-state index contributed by atoms with van der Waals surface area (Å²) >= 11 is 0. The predicted molar refractivity (Wildman–Crippen MR) is 76.0 cm³/mol. The van der Waals surface area contributed by atoms with Crippen molar-refractivity contribution in [3.05, 3.63) is 29.8 Å². The van der Waals surface area contributed by atoms with Gasteiger partial charge in [0, 0.05) is 32.7 Å². The van der Waals surface area contributed by atoms with E-state index in [1.54, 1.807) is 0 Å². The molecular weight excluding hydrogens is 280 g/mol. The van der Waals surface area contributed by atoms with Crippen LogP contribution in [0, 0.1) is 0 Å². The van der Waals surface area contributed by atoms with Crippen molar-refractivity contribution in [1.82, 2.24) is 9.21 Å². The summed E-state index contributed by atoms with van der Waals surface area (Å²) in [5, 5.41) is 8.90. The fourth-order valence-corrected chi connectivity index (χ4v) is 2.59. The van der Waals surface area contributed by atoms with Crippen LogP contribution in [-0.2, 0) is 10.0 Å². The molecule has 7 heteroatoms.